The lowest BCUT2D eigenvalue weighted by Gasteiger charge is -2.23. The average Bonchev–Trinajstić information content (AvgIpc) is 2.92. The number of fused-ring (bicyclic) bond motifs is 1. The lowest BCUT2D eigenvalue weighted by molar-refractivity contribution is 0.0985. The lowest BCUT2D eigenvalue weighted by atomic mass is 9.96. The summed E-state index contributed by atoms with van der Waals surface area (Å²) in [5, 5.41) is 13.7. The molecule has 2 N–H and O–H groups in total. The number of aryl methyl sites for hydroxylation is 1. The summed E-state index contributed by atoms with van der Waals surface area (Å²) >= 11 is 0. The highest BCUT2D eigenvalue weighted by Crippen LogP contribution is 2.21. The third kappa shape index (κ3) is 3.50. The van der Waals surface area contributed by atoms with Crippen LogP contribution in [0.15, 0.2) is 24.3 Å². The number of aromatic nitrogens is 2. The first-order valence-corrected chi connectivity index (χ1v) is 8.48. The highest BCUT2D eigenvalue weighted by atomic mass is 16.3. The van der Waals surface area contributed by atoms with E-state index in [9.17, 15) is 5.11 Å². The van der Waals surface area contributed by atoms with Gasteiger partial charge >= 0.3 is 0 Å². The Kier molecular flexibility index (Phi) is 5.98. The first-order valence-electron chi connectivity index (χ1n) is 8.48. The molecule has 22 heavy (non-hydrogen) atoms. The minimum atomic E-state index is -0.295. The standard InChI is InChI=1S/C18H29N3O/c1-5-14(6-2)17(22)12-19-13(4)18-20-15-10-8-9-11-16(15)21(18)7-3/h8-11,13-14,17,19,22H,5-7,12H2,1-4H3. The quantitative estimate of drug-likeness (QED) is 0.784. The van der Waals surface area contributed by atoms with E-state index in [4.69, 9.17) is 4.98 Å². The van der Waals surface area contributed by atoms with Crippen molar-refractivity contribution in [1.82, 2.24) is 14.9 Å². The van der Waals surface area contributed by atoms with E-state index in [1.807, 2.05) is 6.07 Å². The zero-order valence-electron chi connectivity index (χ0n) is 14.2. The van der Waals surface area contributed by atoms with Crippen molar-refractivity contribution < 1.29 is 5.11 Å². The topological polar surface area (TPSA) is 50.1 Å². The van der Waals surface area contributed by atoms with E-state index in [1.165, 1.54) is 5.52 Å². The number of benzene rings is 1. The van der Waals surface area contributed by atoms with Crippen LogP contribution in [0.3, 0.4) is 0 Å². The predicted molar refractivity (Wildman–Crippen MR) is 91.9 cm³/mol. The Labute approximate surface area is 133 Å². The van der Waals surface area contributed by atoms with Crippen LogP contribution in [-0.4, -0.2) is 27.3 Å². The summed E-state index contributed by atoms with van der Waals surface area (Å²) in [4.78, 5) is 4.77. The van der Waals surface area contributed by atoms with Gasteiger partial charge in [-0.15, -0.1) is 0 Å². The van der Waals surface area contributed by atoms with Gasteiger partial charge in [-0.2, -0.15) is 0 Å². The van der Waals surface area contributed by atoms with Crippen LogP contribution in [0.2, 0.25) is 0 Å². The molecule has 0 aliphatic rings. The van der Waals surface area contributed by atoms with E-state index in [0.717, 1.165) is 30.7 Å². The fourth-order valence-electron chi connectivity index (χ4n) is 3.15. The van der Waals surface area contributed by atoms with Gasteiger partial charge in [-0.1, -0.05) is 38.8 Å². The molecule has 0 aliphatic heterocycles. The number of hydrogen-bond donors (Lipinski definition) is 2. The fraction of sp³-hybridized carbons (Fsp3) is 0.611. The predicted octanol–water partition coefficient (Wildman–Crippen LogP) is 3.50. The molecule has 0 saturated heterocycles. The maximum absolute atomic E-state index is 10.3. The Balaban J connectivity index is 2.11. The van der Waals surface area contributed by atoms with E-state index >= 15 is 0 Å². The van der Waals surface area contributed by atoms with E-state index in [0.29, 0.717) is 12.5 Å². The molecule has 4 nitrogen and oxygen atoms in total. The second kappa shape index (κ2) is 7.75. The first kappa shape index (κ1) is 17.0. The molecular formula is C18H29N3O. The Morgan fingerprint density at radius 3 is 2.50 bits per heavy atom. The molecule has 2 aromatic rings. The Morgan fingerprint density at radius 1 is 1.18 bits per heavy atom. The minimum absolute atomic E-state index is 0.122. The summed E-state index contributed by atoms with van der Waals surface area (Å²) in [7, 11) is 0. The highest BCUT2D eigenvalue weighted by molar-refractivity contribution is 5.76. The van der Waals surface area contributed by atoms with Gasteiger partial charge < -0.3 is 15.0 Å². The first-order chi connectivity index (χ1) is 10.6. The third-order valence-electron chi connectivity index (χ3n) is 4.61. The number of nitrogens with zero attached hydrogens (tertiary/aromatic N) is 2. The molecule has 0 bridgehead atoms. The normalized spacial score (nSPS) is 14.6. The van der Waals surface area contributed by atoms with Crippen LogP contribution in [0, 0.1) is 5.92 Å². The Hall–Kier alpha value is -1.39. The van der Waals surface area contributed by atoms with Crippen LogP contribution in [0.1, 0.15) is 52.4 Å². The number of nitrogens with one attached hydrogen (secondary N) is 1. The summed E-state index contributed by atoms with van der Waals surface area (Å²) < 4.78 is 2.25. The maximum Gasteiger partial charge on any atom is 0.126 e. The molecule has 2 unspecified atom stereocenters. The van der Waals surface area contributed by atoms with E-state index in [2.05, 4.69) is 55.8 Å². The molecule has 0 fully saturated rings. The average molecular weight is 303 g/mol. The number of aliphatic hydroxyl groups excluding tert-OH is 1. The monoisotopic (exact) mass is 303 g/mol. The second-order valence-corrected chi connectivity index (χ2v) is 5.98. The van der Waals surface area contributed by atoms with Crippen LogP contribution in [0.25, 0.3) is 11.0 Å². The van der Waals surface area contributed by atoms with Gasteiger partial charge in [-0.3, -0.25) is 0 Å². The highest BCUT2D eigenvalue weighted by Gasteiger charge is 2.19. The van der Waals surface area contributed by atoms with Crippen molar-refractivity contribution in [2.45, 2.75) is 59.2 Å². The Morgan fingerprint density at radius 2 is 1.86 bits per heavy atom. The summed E-state index contributed by atoms with van der Waals surface area (Å²) in [6.07, 6.45) is 1.74. The van der Waals surface area contributed by atoms with Gasteiger partial charge in [-0.05, 0) is 31.9 Å². The fourth-order valence-corrected chi connectivity index (χ4v) is 3.15. The van der Waals surface area contributed by atoms with Crippen molar-refractivity contribution in [3.63, 3.8) is 0 Å². The van der Waals surface area contributed by atoms with Crippen molar-refractivity contribution in [3.05, 3.63) is 30.1 Å². The zero-order valence-corrected chi connectivity index (χ0v) is 14.2. The van der Waals surface area contributed by atoms with Gasteiger partial charge in [0.1, 0.15) is 5.82 Å². The van der Waals surface area contributed by atoms with Crippen LogP contribution < -0.4 is 5.32 Å². The summed E-state index contributed by atoms with van der Waals surface area (Å²) in [5.41, 5.74) is 2.21. The molecule has 0 spiro atoms. The van der Waals surface area contributed by atoms with Gasteiger partial charge in [0.15, 0.2) is 0 Å². The van der Waals surface area contributed by atoms with Gasteiger partial charge in [0.25, 0.3) is 0 Å². The molecular weight excluding hydrogens is 274 g/mol. The number of aliphatic hydroxyl groups is 1. The molecule has 1 aromatic heterocycles. The van der Waals surface area contributed by atoms with E-state index in [-0.39, 0.29) is 12.1 Å². The minimum Gasteiger partial charge on any atom is -0.392 e. The van der Waals surface area contributed by atoms with E-state index < -0.39 is 0 Å². The number of para-hydroxylation sites is 2. The van der Waals surface area contributed by atoms with Gasteiger partial charge in [0.2, 0.25) is 0 Å². The van der Waals surface area contributed by atoms with Crippen molar-refractivity contribution in [3.8, 4) is 0 Å². The van der Waals surface area contributed by atoms with Crippen molar-refractivity contribution in [2.75, 3.05) is 6.54 Å². The molecule has 0 radical (unpaired) electrons. The summed E-state index contributed by atoms with van der Waals surface area (Å²) in [6, 6.07) is 8.36. The van der Waals surface area contributed by atoms with Gasteiger partial charge in [-0.25, -0.2) is 4.98 Å². The van der Waals surface area contributed by atoms with Gasteiger partial charge in [0.05, 0.1) is 23.2 Å². The number of hydrogen-bond acceptors (Lipinski definition) is 3. The molecule has 0 aliphatic carbocycles. The van der Waals surface area contributed by atoms with Crippen molar-refractivity contribution >= 4 is 11.0 Å². The molecule has 0 saturated carbocycles. The zero-order chi connectivity index (χ0) is 16.1. The van der Waals surface area contributed by atoms with Crippen LogP contribution >= 0.6 is 0 Å². The molecule has 1 aromatic carbocycles. The molecule has 2 rings (SSSR count). The molecule has 1 heterocycles. The van der Waals surface area contributed by atoms with E-state index in [1.54, 1.807) is 0 Å². The SMILES string of the molecule is CCC(CC)C(O)CNC(C)c1nc2ccccc2n1CC. The molecule has 122 valence electrons. The van der Waals surface area contributed by atoms with Gasteiger partial charge in [0, 0.05) is 13.1 Å². The summed E-state index contributed by atoms with van der Waals surface area (Å²) in [6.45, 7) is 10.0. The molecule has 0 amide bonds. The molecule has 4 heteroatoms. The van der Waals surface area contributed by atoms with Crippen molar-refractivity contribution in [1.29, 1.82) is 0 Å². The second-order valence-electron chi connectivity index (χ2n) is 5.98. The summed E-state index contributed by atoms with van der Waals surface area (Å²) in [5.74, 6) is 1.41. The molecule has 2 atom stereocenters. The van der Waals surface area contributed by atoms with Crippen LogP contribution in [0.4, 0.5) is 0 Å². The van der Waals surface area contributed by atoms with Crippen molar-refractivity contribution in [2.24, 2.45) is 5.92 Å². The largest absolute Gasteiger partial charge is 0.392 e. The lowest BCUT2D eigenvalue weighted by Crippen LogP contribution is -2.34. The number of imidazole rings is 1. The van der Waals surface area contributed by atoms with Crippen LogP contribution in [0.5, 0.6) is 0 Å². The smallest absolute Gasteiger partial charge is 0.126 e. The van der Waals surface area contributed by atoms with Crippen LogP contribution in [-0.2, 0) is 6.54 Å². The maximum atomic E-state index is 10.3. The number of rotatable bonds is 8. The Bertz CT molecular complexity index is 589. The third-order valence-corrected chi connectivity index (χ3v) is 4.61.